The summed E-state index contributed by atoms with van der Waals surface area (Å²) >= 11 is 2.57. The fraction of sp³-hybridized carbons (Fsp3) is 0.296. The number of benzene rings is 2. The van der Waals surface area contributed by atoms with Gasteiger partial charge in [0.15, 0.2) is 16.1 Å². The fourth-order valence-electron chi connectivity index (χ4n) is 4.42. The number of aromatic nitrogens is 4. The zero-order chi connectivity index (χ0) is 29.0. The molecule has 0 radical (unpaired) electrons. The molecule has 5 rings (SSSR count). The standard InChI is InChI=1S/C27H29N7O4S3/c1-18-6-5-7-22(19(18)2)34-23(31-32-27(34)40-17-24(35)30-26-28-12-15-39-26)16-29-25(36)20-8-10-21(11-9-20)41(37,38)33-13-3-4-14-33/h5-12,15H,3-4,13-14,16-17H2,1-2H3,(H,29,36)(H,28,30,35). The number of sulfonamides is 1. The Hall–Kier alpha value is -3.59. The Morgan fingerprint density at radius 2 is 1.80 bits per heavy atom. The van der Waals surface area contributed by atoms with E-state index in [4.69, 9.17) is 0 Å². The van der Waals surface area contributed by atoms with Gasteiger partial charge >= 0.3 is 0 Å². The molecule has 14 heteroatoms. The number of rotatable bonds is 10. The first-order valence-corrected chi connectivity index (χ1v) is 16.3. The fourth-order valence-corrected chi connectivity index (χ4v) is 7.24. The van der Waals surface area contributed by atoms with Gasteiger partial charge in [-0.05, 0) is 68.1 Å². The third-order valence-electron chi connectivity index (χ3n) is 6.75. The molecule has 2 aromatic carbocycles. The Balaban J connectivity index is 1.31. The summed E-state index contributed by atoms with van der Waals surface area (Å²) < 4.78 is 28.9. The van der Waals surface area contributed by atoms with Gasteiger partial charge in [0.1, 0.15) is 0 Å². The minimum absolute atomic E-state index is 0.0684. The van der Waals surface area contributed by atoms with Crippen molar-refractivity contribution in [3.05, 3.63) is 76.6 Å². The lowest BCUT2D eigenvalue weighted by Gasteiger charge is -2.16. The summed E-state index contributed by atoms with van der Waals surface area (Å²) in [7, 11) is -3.56. The molecule has 4 aromatic rings. The van der Waals surface area contributed by atoms with Crippen LogP contribution in [-0.4, -0.2) is 63.1 Å². The molecule has 1 aliphatic rings. The van der Waals surface area contributed by atoms with Gasteiger partial charge in [-0.3, -0.25) is 14.2 Å². The van der Waals surface area contributed by atoms with Gasteiger partial charge in [-0.2, -0.15) is 4.31 Å². The second-order valence-electron chi connectivity index (χ2n) is 9.45. The van der Waals surface area contributed by atoms with Crippen LogP contribution in [0, 0.1) is 13.8 Å². The molecule has 0 unspecified atom stereocenters. The predicted molar refractivity (Wildman–Crippen MR) is 158 cm³/mol. The second kappa shape index (κ2) is 12.5. The van der Waals surface area contributed by atoms with Gasteiger partial charge < -0.3 is 10.6 Å². The third-order valence-corrected chi connectivity index (χ3v) is 10.3. The first-order chi connectivity index (χ1) is 19.7. The summed E-state index contributed by atoms with van der Waals surface area (Å²) in [4.78, 5) is 29.7. The van der Waals surface area contributed by atoms with Crippen molar-refractivity contribution in [1.29, 1.82) is 0 Å². The van der Waals surface area contributed by atoms with Crippen LogP contribution in [0.3, 0.4) is 0 Å². The molecule has 11 nitrogen and oxygen atoms in total. The van der Waals surface area contributed by atoms with E-state index < -0.39 is 10.0 Å². The Labute approximate surface area is 246 Å². The Bertz CT molecular complexity index is 1650. The predicted octanol–water partition coefficient (Wildman–Crippen LogP) is 3.79. The summed E-state index contributed by atoms with van der Waals surface area (Å²) in [5.41, 5.74) is 3.27. The number of hydrogen-bond donors (Lipinski definition) is 2. The number of thiazole rings is 1. The summed E-state index contributed by atoms with van der Waals surface area (Å²) in [5.74, 6) is -0.00183. The highest BCUT2D eigenvalue weighted by Crippen LogP contribution is 2.26. The van der Waals surface area contributed by atoms with Crippen molar-refractivity contribution >= 4 is 50.1 Å². The first kappa shape index (κ1) is 28.9. The highest BCUT2D eigenvalue weighted by Gasteiger charge is 2.27. The van der Waals surface area contributed by atoms with Crippen LogP contribution in [0.25, 0.3) is 5.69 Å². The lowest BCUT2D eigenvalue weighted by Crippen LogP contribution is -2.28. The number of hydrogen-bond acceptors (Lipinski definition) is 9. The molecule has 2 N–H and O–H groups in total. The molecule has 0 saturated carbocycles. The monoisotopic (exact) mass is 611 g/mol. The molecule has 3 heterocycles. The smallest absolute Gasteiger partial charge is 0.251 e. The molecule has 0 aliphatic carbocycles. The number of thioether (sulfide) groups is 1. The van der Waals surface area contributed by atoms with Gasteiger partial charge in [0, 0.05) is 30.2 Å². The molecule has 0 spiro atoms. The van der Waals surface area contributed by atoms with Crippen molar-refractivity contribution in [3.63, 3.8) is 0 Å². The Kier molecular flexibility index (Phi) is 8.82. The van der Waals surface area contributed by atoms with Crippen molar-refractivity contribution < 1.29 is 18.0 Å². The van der Waals surface area contributed by atoms with Crippen LogP contribution in [-0.2, 0) is 21.4 Å². The van der Waals surface area contributed by atoms with Gasteiger partial charge in [-0.25, -0.2) is 13.4 Å². The largest absolute Gasteiger partial charge is 0.345 e. The number of carbonyl (C=O) groups is 2. The van der Waals surface area contributed by atoms with Crippen molar-refractivity contribution in [3.8, 4) is 5.69 Å². The van der Waals surface area contributed by atoms with Crippen molar-refractivity contribution in [1.82, 2.24) is 29.4 Å². The van der Waals surface area contributed by atoms with Gasteiger partial charge in [-0.15, -0.1) is 21.5 Å². The molecular formula is C27H29N7O4S3. The van der Waals surface area contributed by atoms with E-state index in [1.165, 1.54) is 51.7 Å². The quantitative estimate of drug-likeness (QED) is 0.258. The normalized spacial score (nSPS) is 13.8. The lowest BCUT2D eigenvalue weighted by molar-refractivity contribution is -0.113. The van der Waals surface area contributed by atoms with Gasteiger partial charge in [-0.1, -0.05) is 23.9 Å². The van der Waals surface area contributed by atoms with E-state index in [0.717, 1.165) is 29.7 Å². The van der Waals surface area contributed by atoms with Crippen LogP contribution in [0.2, 0.25) is 0 Å². The minimum atomic E-state index is -3.56. The maximum atomic E-state index is 13.0. The summed E-state index contributed by atoms with van der Waals surface area (Å²) in [6.45, 7) is 5.10. The number of anilines is 1. The van der Waals surface area contributed by atoms with Gasteiger partial charge in [0.05, 0.1) is 22.9 Å². The first-order valence-electron chi connectivity index (χ1n) is 13.0. The molecule has 214 valence electrons. The van der Waals surface area contributed by atoms with E-state index in [1.807, 2.05) is 36.6 Å². The molecule has 0 atom stereocenters. The van der Waals surface area contributed by atoms with Crippen LogP contribution in [0.15, 0.2) is 64.1 Å². The van der Waals surface area contributed by atoms with Crippen LogP contribution in [0.4, 0.5) is 5.13 Å². The van der Waals surface area contributed by atoms with Crippen molar-refractivity contribution in [2.45, 2.75) is 43.3 Å². The molecule has 2 aromatic heterocycles. The number of amides is 2. The average molecular weight is 612 g/mol. The van der Waals surface area contributed by atoms with Crippen LogP contribution < -0.4 is 10.6 Å². The molecule has 1 aliphatic heterocycles. The number of carbonyl (C=O) groups excluding carboxylic acids is 2. The highest BCUT2D eigenvalue weighted by atomic mass is 32.2. The lowest BCUT2D eigenvalue weighted by atomic mass is 10.1. The summed E-state index contributed by atoms with van der Waals surface area (Å²) in [6, 6.07) is 11.8. The van der Waals surface area contributed by atoms with E-state index in [-0.39, 0.29) is 29.0 Å². The van der Waals surface area contributed by atoms with Crippen molar-refractivity contribution in [2.75, 3.05) is 24.2 Å². The molecular weight excluding hydrogens is 583 g/mol. The van der Waals surface area contributed by atoms with E-state index in [0.29, 0.717) is 34.8 Å². The number of nitrogens with zero attached hydrogens (tertiary/aromatic N) is 5. The molecule has 41 heavy (non-hydrogen) atoms. The van der Waals surface area contributed by atoms with Crippen LogP contribution in [0.1, 0.15) is 40.2 Å². The second-order valence-corrected chi connectivity index (χ2v) is 13.2. The zero-order valence-corrected chi connectivity index (χ0v) is 25.0. The Morgan fingerprint density at radius 3 is 2.51 bits per heavy atom. The van der Waals surface area contributed by atoms with Gasteiger partial charge in [0.25, 0.3) is 5.91 Å². The Morgan fingerprint density at radius 1 is 1.05 bits per heavy atom. The van der Waals surface area contributed by atoms with Crippen LogP contribution in [0.5, 0.6) is 0 Å². The summed E-state index contributed by atoms with van der Waals surface area (Å²) in [5, 5.41) is 17.1. The molecule has 0 bridgehead atoms. The van der Waals surface area contributed by atoms with Gasteiger partial charge in [0.2, 0.25) is 15.9 Å². The van der Waals surface area contributed by atoms with E-state index in [9.17, 15) is 18.0 Å². The molecule has 1 fully saturated rings. The third kappa shape index (κ3) is 6.50. The van der Waals surface area contributed by atoms with E-state index >= 15 is 0 Å². The molecule has 2 amide bonds. The maximum Gasteiger partial charge on any atom is 0.251 e. The topological polar surface area (TPSA) is 139 Å². The maximum absolute atomic E-state index is 13.0. The number of aryl methyl sites for hydroxylation is 1. The van der Waals surface area contributed by atoms with Crippen molar-refractivity contribution in [2.24, 2.45) is 0 Å². The zero-order valence-electron chi connectivity index (χ0n) is 22.5. The average Bonchev–Trinajstić information content (AvgIpc) is 3.75. The minimum Gasteiger partial charge on any atom is -0.345 e. The SMILES string of the molecule is Cc1cccc(-n2c(CNC(=O)c3ccc(S(=O)(=O)N4CCCC4)cc3)nnc2SCC(=O)Nc2nccs2)c1C. The molecule has 1 saturated heterocycles. The van der Waals surface area contributed by atoms with E-state index in [1.54, 1.807) is 11.6 Å². The highest BCUT2D eigenvalue weighted by molar-refractivity contribution is 7.99. The summed E-state index contributed by atoms with van der Waals surface area (Å²) in [6.07, 6.45) is 3.33. The van der Waals surface area contributed by atoms with Crippen LogP contribution >= 0.6 is 23.1 Å². The number of nitrogens with one attached hydrogen (secondary N) is 2. The van der Waals surface area contributed by atoms with E-state index in [2.05, 4.69) is 25.8 Å².